The average molecular weight is 277 g/mol. The van der Waals surface area contributed by atoms with Crippen LogP contribution in [0.25, 0.3) is 0 Å². The van der Waals surface area contributed by atoms with Gasteiger partial charge in [-0.15, -0.1) is 0 Å². The molecule has 0 radical (unpaired) electrons. The minimum absolute atomic E-state index is 0.443. The molecule has 0 aromatic carbocycles. The van der Waals surface area contributed by atoms with Gasteiger partial charge in [0.05, 0.1) is 19.5 Å². The van der Waals surface area contributed by atoms with Crippen molar-refractivity contribution < 1.29 is 14.3 Å². The molecular formula is C16H23NO3. The smallest absolute Gasteiger partial charge is 0.132 e. The van der Waals surface area contributed by atoms with Crippen LogP contribution in [-0.4, -0.2) is 42.4 Å². The number of aliphatic hydroxyl groups excluding tert-OH is 1. The number of hydrogen-bond donors (Lipinski definition) is 1. The zero-order valence-corrected chi connectivity index (χ0v) is 11.8. The van der Waals surface area contributed by atoms with Crippen molar-refractivity contribution in [3.8, 4) is 0 Å². The van der Waals surface area contributed by atoms with Gasteiger partial charge in [-0.25, -0.2) is 0 Å². The molecule has 2 aliphatic rings. The third kappa shape index (κ3) is 3.32. The summed E-state index contributed by atoms with van der Waals surface area (Å²) < 4.78 is 10.8. The second kappa shape index (κ2) is 6.57. The maximum Gasteiger partial charge on any atom is 0.132 e. The molecule has 20 heavy (non-hydrogen) atoms. The molecule has 2 aliphatic heterocycles. The van der Waals surface area contributed by atoms with Crippen molar-refractivity contribution in [2.75, 3.05) is 26.3 Å². The summed E-state index contributed by atoms with van der Waals surface area (Å²) in [5, 5.41) is 10.2. The zero-order chi connectivity index (χ0) is 13.8. The normalized spacial score (nSPS) is 25.6. The maximum atomic E-state index is 10.2. The predicted molar refractivity (Wildman–Crippen MR) is 76.4 cm³/mol. The number of nitrogens with zero attached hydrogens (tertiary/aromatic N) is 1. The first-order chi connectivity index (χ1) is 9.83. The SMILES string of the molecule is OC(CC1CCCN1CC1=CCCOC1)c1ccco1. The lowest BCUT2D eigenvalue weighted by Gasteiger charge is -2.28. The highest BCUT2D eigenvalue weighted by Gasteiger charge is 2.28. The molecule has 1 aromatic rings. The monoisotopic (exact) mass is 277 g/mol. The van der Waals surface area contributed by atoms with Crippen LogP contribution in [0.3, 0.4) is 0 Å². The van der Waals surface area contributed by atoms with Crippen molar-refractivity contribution in [1.29, 1.82) is 0 Å². The minimum Gasteiger partial charge on any atom is -0.467 e. The minimum atomic E-state index is -0.493. The Morgan fingerprint density at radius 3 is 3.15 bits per heavy atom. The molecule has 2 atom stereocenters. The second-order valence-corrected chi connectivity index (χ2v) is 5.74. The van der Waals surface area contributed by atoms with Crippen LogP contribution in [0, 0.1) is 0 Å². The Bertz CT molecular complexity index is 441. The first-order valence-corrected chi connectivity index (χ1v) is 7.54. The van der Waals surface area contributed by atoms with E-state index in [9.17, 15) is 5.11 Å². The molecule has 3 rings (SSSR count). The van der Waals surface area contributed by atoms with E-state index in [2.05, 4.69) is 11.0 Å². The van der Waals surface area contributed by atoms with Crippen LogP contribution in [-0.2, 0) is 4.74 Å². The van der Waals surface area contributed by atoms with E-state index in [1.807, 2.05) is 12.1 Å². The fraction of sp³-hybridized carbons (Fsp3) is 0.625. The molecule has 0 saturated carbocycles. The third-order valence-electron chi connectivity index (χ3n) is 4.25. The number of aliphatic hydroxyl groups is 1. The zero-order valence-electron chi connectivity index (χ0n) is 11.8. The van der Waals surface area contributed by atoms with Gasteiger partial charge in [-0.2, -0.15) is 0 Å². The summed E-state index contributed by atoms with van der Waals surface area (Å²) in [4.78, 5) is 2.48. The highest BCUT2D eigenvalue weighted by Crippen LogP contribution is 2.28. The lowest BCUT2D eigenvalue weighted by Crippen LogP contribution is -2.33. The topological polar surface area (TPSA) is 45.8 Å². The van der Waals surface area contributed by atoms with Gasteiger partial charge >= 0.3 is 0 Å². The van der Waals surface area contributed by atoms with Gasteiger partial charge < -0.3 is 14.3 Å². The van der Waals surface area contributed by atoms with Crippen LogP contribution in [0.1, 0.15) is 37.5 Å². The Kier molecular flexibility index (Phi) is 4.55. The Hall–Kier alpha value is -1.10. The Balaban J connectivity index is 1.56. The van der Waals surface area contributed by atoms with Crippen LogP contribution in [0.4, 0.5) is 0 Å². The van der Waals surface area contributed by atoms with E-state index in [0.29, 0.717) is 11.8 Å². The van der Waals surface area contributed by atoms with Crippen LogP contribution in [0.5, 0.6) is 0 Å². The lowest BCUT2D eigenvalue weighted by molar-refractivity contribution is 0.0998. The van der Waals surface area contributed by atoms with Crippen molar-refractivity contribution in [2.45, 2.75) is 37.8 Å². The second-order valence-electron chi connectivity index (χ2n) is 5.74. The molecule has 1 saturated heterocycles. The van der Waals surface area contributed by atoms with Crippen molar-refractivity contribution in [3.63, 3.8) is 0 Å². The molecule has 1 N–H and O–H groups in total. The van der Waals surface area contributed by atoms with Crippen LogP contribution < -0.4 is 0 Å². The summed E-state index contributed by atoms with van der Waals surface area (Å²) in [5.41, 5.74) is 1.38. The molecule has 110 valence electrons. The summed E-state index contributed by atoms with van der Waals surface area (Å²) in [6.07, 6.45) is 7.59. The molecule has 1 aromatic heterocycles. The highest BCUT2D eigenvalue weighted by atomic mass is 16.5. The summed E-state index contributed by atoms with van der Waals surface area (Å²) in [7, 11) is 0. The molecule has 4 heteroatoms. The fourth-order valence-electron chi connectivity index (χ4n) is 3.20. The predicted octanol–water partition coefficient (Wildman–Crippen LogP) is 2.51. The molecule has 0 amide bonds. The van der Waals surface area contributed by atoms with Gasteiger partial charge in [0.15, 0.2) is 0 Å². The molecule has 1 fully saturated rings. The standard InChI is InChI=1S/C16H23NO3/c18-15(16-6-3-9-20-16)10-14-5-1-7-17(14)11-13-4-2-8-19-12-13/h3-4,6,9,14-15,18H,1-2,5,7-8,10-12H2. The quantitative estimate of drug-likeness (QED) is 0.840. The number of hydrogen-bond acceptors (Lipinski definition) is 4. The van der Waals surface area contributed by atoms with Crippen LogP contribution >= 0.6 is 0 Å². The van der Waals surface area contributed by atoms with Crippen LogP contribution in [0.2, 0.25) is 0 Å². The lowest BCUT2D eigenvalue weighted by atomic mass is 10.0. The molecule has 3 heterocycles. The van der Waals surface area contributed by atoms with Crippen molar-refractivity contribution >= 4 is 0 Å². The first-order valence-electron chi connectivity index (χ1n) is 7.54. The number of likely N-dealkylation sites (tertiary alicyclic amines) is 1. The van der Waals surface area contributed by atoms with E-state index in [0.717, 1.165) is 45.6 Å². The Morgan fingerprint density at radius 1 is 1.45 bits per heavy atom. The van der Waals surface area contributed by atoms with E-state index in [4.69, 9.17) is 9.15 Å². The van der Waals surface area contributed by atoms with Crippen molar-refractivity contribution in [1.82, 2.24) is 4.90 Å². The Labute approximate surface area is 120 Å². The van der Waals surface area contributed by atoms with Gasteiger partial charge in [0.2, 0.25) is 0 Å². The molecule has 4 nitrogen and oxygen atoms in total. The fourth-order valence-corrected chi connectivity index (χ4v) is 3.20. The van der Waals surface area contributed by atoms with E-state index in [-0.39, 0.29) is 0 Å². The van der Waals surface area contributed by atoms with Crippen molar-refractivity contribution in [2.24, 2.45) is 0 Å². The van der Waals surface area contributed by atoms with E-state index < -0.39 is 6.10 Å². The largest absolute Gasteiger partial charge is 0.467 e. The molecule has 0 bridgehead atoms. The maximum absolute atomic E-state index is 10.2. The number of ether oxygens (including phenoxy) is 1. The van der Waals surface area contributed by atoms with Gasteiger partial charge in [-0.05, 0) is 49.9 Å². The van der Waals surface area contributed by atoms with Crippen LogP contribution in [0.15, 0.2) is 34.5 Å². The van der Waals surface area contributed by atoms with Gasteiger partial charge in [0.25, 0.3) is 0 Å². The third-order valence-corrected chi connectivity index (χ3v) is 4.25. The van der Waals surface area contributed by atoms with Gasteiger partial charge in [0, 0.05) is 12.6 Å². The molecule has 2 unspecified atom stereocenters. The molecular weight excluding hydrogens is 254 g/mol. The molecule has 0 aliphatic carbocycles. The van der Waals surface area contributed by atoms with E-state index in [1.165, 1.54) is 12.0 Å². The number of rotatable bonds is 5. The van der Waals surface area contributed by atoms with E-state index >= 15 is 0 Å². The number of furan rings is 1. The van der Waals surface area contributed by atoms with Gasteiger partial charge in [-0.1, -0.05) is 6.08 Å². The average Bonchev–Trinajstić information content (AvgIpc) is 3.12. The Morgan fingerprint density at radius 2 is 2.40 bits per heavy atom. The first kappa shape index (κ1) is 13.9. The molecule has 0 spiro atoms. The summed E-state index contributed by atoms with van der Waals surface area (Å²) >= 11 is 0. The van der Waals surface area contributed by atoms with E-state index in [1.54, 1.807) is 6.26 Å². The van der Waals surface area contributed by atoms with Gasteiger partial charge in [0.1, 0.15) is 11.9 Å². The summed E-state index contributed by atoms with van der Waals surface area (Å²) in [6, 6.07) is 4.12. The van der Waals surface area contributed by atoms with Crippen molar-refractivity contribution in [3.05, 3.63) is 35.8 Å². The summed E-state index contributed by atoms with van der Waals surface area (Å²) in [5.74, 6) is 0.678. The summed E-state index contributed by atoms with van der Waals surface area (Å²) in [6.45, 7) is 3.72. The van der Waals surface area contributed by atoms with Gasteiger partial charge in [-0.3, -0.25) is 4.90 Å². The highest BCUT2D eigenvalue weighted by molar-refractivity contribution is 5.09.